The van der Waals surface area contributed by atoms with Crippen molar-refractivity contribution in [3.63, 3.8) is 0 Å². The van der Waals surface area contributed by atoms with Crippen molar-refractivity contribution in [1.29, 1.82) is 0 Å². The van der Waals surface area contributed by atoms with E-state index >= 15 is 0 Å². The molecule has 0 aliphatic rings. The molecule has 1 heterocycles. The van der Waals surface area contributed by atoms with E-state index in [1.165, 1.54) is 12.3 Å². The zero-order valence-electron chi connectivity index (χ0n) is 17.0. The lowest BCUT2D eigenvalue weighted by molar-refractivity contribution is -0.577. The number of ether oxygens (including phenoxy) is 1. The summed E-state index contributed by atoms with van der Waals surface area (Å²) < 4.78 is 20.7. The van der Waals surface area contributed by atoms with Gasteiger partial charge in [-0.25, -0.2) is 4.39 Å². The van der Waals surface area contributed by atoms with Crippen LogP contribution in [-0.4, -0.2) is 0 Å². The van der Waals surface area contributed by atoms with Crippen LogP contribution < -0.4 is 9.47 Å². The van der Waals surface area contributed by atoms with Crippen LogP contribution >= 0.6 is 0 Å². The second kappa shape index (κ2) is 7.99. The highest BCUT2D eigenvalue weighted by Crippen LogP contribution is 2.37. The van der Waals surface area contributed by atoms with E-state index in [0.717, 1.165) is 37.9 Å². The first-order valence-electron chi connectivity index (χ1n) is 9.73. The number of para-hydroxylation sites is 1. The number of hydrogen-bond donors (Lipinski definition) is 0. The van der Waals surface area contributed by atoms with Gasteiger partial charge in [-0.3, -0.25) is 0 Å². The Morgan fingerprint density at radius 3 is 2.53 bits per heavy atom. The van der Waals surface area contributed by atoms with Gasteiger partial charge in [0.25, 0.3) is 5.52 Å². The molecule has 150 valence electrons. The normalized spacial score (nSPS) is 10.9. The number of pyridine rings is 1. The van der Waals surface area contributed by atoms with Gasteiger partial charge in [-0.1, -0.05) is 49.0 Å². The lowest BCUT2D eigenvalue weighted by Gasteiger charge is -2.16. The monoisotopic (exact) mass is 399 g/mol. The molecule has 3 aromatic carbocycles. The lowest BCUT2D eigenvalue weighted by Crippen LogP contribution is -2.28. The van der Waals surface area contributed by atoms with Crippen LogP contribution in [0.5, 0.6) is 5.75 Å². The third-order valence-corrected chi connectivity index (χ3v) is 5.15. The first kappa shape index (κ1) is 19.6. The fourth-order valence-corrected chi connectivity index (χ4v) is 3.63. The topological polar surface area (TPSA) is 36.2 Å². The Kier molecular flexibility index (Phi) is 5.23. The summed E-state index contributed by atoms with van der Waals surface area (Å²) in [6.45, 7) is 7.98. The molecule has 0 amide bonds. The summed E-state index contributed by atoms with van der Waals surface area (Å²) in [5.74, 6) is 0.237. The molecule has 0 fully saturated rings. The summed E-state index contributed by atoms with van der Waals surface area (Å²) in [6, 6.07) is 20.3. The number of fused-ring (bicyclic) bond motifs is 1. The van der Waals surface area contributed by atoms with Gasteiger partial charge in [0.2, 0.25) is 0 Å². The molecule has 30 heavy (non-hydrogen) atoms. The largest absolute Gasteiger partial charge is 0.618 e. The van der Waals surface area contributed by atoms with Crippen molar-refractivity contribution in [2.45, 2.75) is 20.5 Å². The highest BCUT2D eigenvalue weighted by atomic mass is 19.1. The van der Waals surface area contributed by atoms with Crippen LogP contribution in [0, 0.1) is 17.9 Å². The SMILES string of the molecule is C=C(C)c1c[n+]([O-])c2c(OCc3ccccc3)cccc2c1-c1ccc(F)c(C)c1. The zero-order chi connectivity index (χ0) is 21.3. The Hall–Kier alpha value is -3.66. The van der Waals surface area contributed by atoms with Crippen LogP contribution in [0.4, 0.5) is 4.39 Å². The number of benzene rings is 3. The van der Waals surface area contributed by atoms with Crippen molar-refractivity contribution < 1.29 is 13.9 Å². The third-order valence-electron chi connectivity index (χ3n) is 5.15. The Morgan fingerprint density at radius 1 is 1.07 bits per heavy atom. The molecule has 0 spiro atoms. The average molecular weight is 399 g/mol. The van der Waals surface area contributed by atoms with Gasteiger partial charge in [0.15, 0.2) is 11.9 Å². The van der Waals surface area contributed by atoms with Crippen molar-refractivity contribution in [3.8, 4) is 16.9 Å². The van der Waals surface area contributed by atoms with Crippen molar-refractivity contribution >= 4 is 16.5 Å². The van der Waals surface area contributed by atoms with Gasteiger partial charge in [-0.05, 0) is 60.4 Å². The molecule has 0 unspecified atom stereocenters. The van der Waals surface area contributed by atoms with Gasteiger partial charge in [0.05, 0.1) is 10.9 Å². The number of hydrogen-bond acceptors (Lipinski definition) is 2. The van der Waals surface area contributed by atoms with E-state index in [1.54, 1.807) is 25.1 Å². The Labute approximate surface area is 175 Å². The van der Waals surface area contributed by atoms with Gasteiger partial charge < -0.3 is 9.94 Å². The molecule has 0 aliphatic heterocycles. The van der Waals surface area contributed by atoms with Crippen LogP contribution in [0.3, 0.4) is 0 Å². The van der Waals surface area contributed by atoms with Crippen molar-refractivity contribution in [2.75, 3.05) is 0 Å². The molecule has 0 aliphatic carbocycles. The molecule has 0 saturated heterocycles. The third kappa shape index (κ3) is 3.64. The number of halogens is 1. The minimum absolute atomic E-state index is 0.262. The first-order valence-corrected chi connectivity index (χ1v) is 9.73. The van der Waals surface area contributed by atoms with Crippen molar-refractivity contribution in [3.05, 3.63) is 107 Å². The van der Waals surface area contributed by atoms with E-state index in [9.17, 15) is 9.60 Å². The summed E-state index contributed by atoms with van der Waals surface area (Å²) >= 11 is 0. The molecule has 0 N–H and O–H groups in total. The molecule has 0 atom stereocenters. The fourth-order valence-electron chi connectivity index (χ4n) is 3.63. The van der Waals surface area contributed by atoms with E-state index in [0.29, 0.717) is 23.4 Å². The second-order valence-electron chi connectivity index (χ2n) is 7.41. The molecular weight excluding hydrogens is 377 g/mol. The minimum Gasteiger partial charge on any atom is -0.618 e. The van der Waals surface area contributed by atoms with Gasteiger partial charge in [0.1, 0.15) is 12.4 Å². The Balaban J connectivity index is 1.91. The second-order valence-corrected chi connectivity index (χ2v) is 7.41. The van der Waals surface area contributed by atoms with E-state index in [1.807, 2.05) is 49.4 Å². The predicted molar refractivity (Wildman–Crippen MR) is 119 cm³/mol. The summed E-state index contributed by atoms with van der Waals surface area (Å²) in [7, 11) is 0. The molecule has 0 saturated carbocycles. The summed E-state index contributed by atoms with van der Waals surface area (Å²) in [5.41, 5.74) is 5.16. The molecule has 1 aromatic heterocycles. The maximum Gasteiger partial charge on any atom is 0.266 e. The highest BCUT2D eigenvalue weighted by molar-refractivity contribution is 6.00. The standard InChI is InChI=1S/C26H22FNO2/c1-17(2)22-15-28(29)26-21(25(22)20-12-13-23(27)18(3)14-20)10-7-11-24(26)30-16-19-8-5-4-6-9-19/h4-15H,1,16H2,2-3H3. The van der Waals surface area contributed by atoms with E-state index < -0.39 is 0 Å². The van der Waals surface area contributed by atoms with Crippen molar-refractivity contribution in [1.82, 2.24) is 0 Å². The first-order chi connectivity index (χ1) is 14.5. The van der Waals surface area contributed by atoms with E-state index in [-0.39, 0.29) is 5.82 Å². The van der Waals surface area contributed by atoms with Gasteiger partial charge in [-0.2, -0.15) is 4.73 Å². The van der Waals surface area contributed by atoms with Crippen LogP contribution in [0.1, 0.15) is 23.6 Å². The van der Waals surface area contributed by atoms with Crippen molar-refractivity contribution in [2.24, 2.45) is 0 Å². The maximum absolute atomic E-state index is 13.9. The molecule has 4 aromatic rings. The lowest BCUT2D eigenvalue weighted by atomic mass is 9.92. The van der Waals surface area contributed by atoms with Gasteiger partial charge in [0, 0.05) is 5.56 Å². The smallest absolute Gasteiger partial charge is 0.266 e. The molecule has 0 bridgehead atoms. The summed E-state index contributed by atoms with van der Waals surface area (Å²) in [4.78, 5) is 0. The minimum atomic E-state index is -0.262. The molecule has 3 nitrogen and oxygen atoms in total. The molecule has 4 rings (SSSR count). The number of aryl methyl sites for hydroxylation is 1. The summed E-state index contributed by atoms with van der Waals surface area (Å²) in [6.07, 6.45) is 1.52. The average Bonchev–Trinajstić information content (AvgIpc) is 2.74. The van der Waals surface area contributed by atoms with E-state index in [2.05, 4.69) is 6.58 Å². The zero-order valence-corrected chi connectivity index (χ0v) is 17.0. The fraction of sp³-hybridized carbons (Fsp3) is 0.115. The van der Waals surface area contributed by atoms with E-state index in [4.69, 9.17) is 4.74 Å². The number of rotatable bonds is 5. The van der Waals surface area contributed by atoms with Gasteiger partial charge >= 0.3 is 0 Å². The number of aromatic nitrogens is 1. The number of nitrogens with zero attached hydrogens (tertiary/aromatic N) is 1. The summed E-state index contributed by atoms with van der Waals surface area (Å²) in [5, 5.41) is 13.7. The van der Waals surface area contributed by atoms with Crippen LogP contribution in [0.2, 0.25) is 0 Å². The Morgan fingerprint density at radius 2 is 1.83 bits per heavy atom. The van der Waals surface area contributed by atoms with Crippen LogP contribution in [0.25, 0.3) is 27.6 Å². The van der Waals surface area contributed by atoms with Crippen LogP contribution in [-0.2, 0) is 6.61 Å². The van der Waals surface area contributed by atoms with Crippen LogP contribution in [0.15, 0.2) is 79.5 Å². The highest BCUT2D eigenvalue weighted by Gasteiger charge is 2.21. The molecular formula is C26H22FNO2. The molecule has 0 radical (unpaired) electrons. The quantitative estimate of drug-likeness (QED) is 0.296. The number of allylic oxidation sites excluding steroid dienone is 1. The Bertz CT molecular complexity index is 1250. The maximum atomic E-state index is 13.9. The predicted octanol–water partition coefficient (Wildman–Crippen LogP) is 6.20. The molecule has 4 heteroatoms. The van der Waals surface area contributed by atoms with Gasteiger partial charge in [-0.15, -0.1) is 0 Å².